The van der Waals surface area contributed by atoms with Gasteiger partial charge in [0.2, 0.25) is 5.76 Å². The van der Waals surface area contributed by atoms with E-state index in [1.807, 2.05) is 12.1 Å². The fourth-order valence-corrected chi connectivity index (χ4v) is 3.98. The molecule has 0 atom stereocenters. The molecule has 3 heterocycles. The SMILES string of the molecule is N#Cc1cc2cc(NC3CCC(N4CCCC4)CC3)ncc2o1. The van der Waals surface area contributed by atoms with Gasteiger partial charge in [0.05, 0.1) is 6.20 Å². The summed E-state index contributed by atoms with van der Waals surface area (Å²) in [5, 5.41) is 13.4. The first-order valence-electron chi connectivity index (χ1n) is 8.62. The van der Waals surface area contributed by atoms with Crippen LogP contribution in [0.5, 0.6) is 0 Å². The number of hydrogen-bond donors (Lipinski definition) is 1. The first-order valence-corrected chi connectivity index (χ1v) is 8.62. The monoisotopic (exact) mass is 310 g/mol. The van der Waals surface area contributed by atoms with Crippen molar-refractivity contribution < 1.29 is 4.42 Å². The third kappa shape index (κ3) is 3.04. The molecule has 0 radical (unpaired) electrons. The fraction of sp³-hybridized carbons (Fsp3) is 0.556. The number of nitrogens with zero attached hydrogens (tertiary/aromatic N) is 3. The Bertz CT molecular complexity index is 718. The van der Waals surface area contributed by atoms with Crippen molar-refractivity contribution in [3.05, 3.63) is 24.1 Å². The van der Waals surface area contributed by atoms with Crippen molar-refractivity contribution in [3.63, 3.8) is 0 Å². The van der Waals surface area contributed by atoms with Crippen molar-refractivity contribution in [2.75, 3.05) is 18.4 Å². The third-order valence-corrected chi connectivity index (χ3v) is 5.22. The molecular weight excluding hydrogens is 288 g/mol. The van der Waals surface area contributed by atoms with E-state index in [2.05, 4.69) is 15.2 Å². The molecule has 1 saturated heterocycles. The summed E-state index contributed by atoms with van der Waals surface area (Å²) in [4.78, 5) is 7.10. The zero-order valence-corrected chi connectivity index (χ0v) is 13.3. The molecule has 0 spiro atoms. The van der Waals surface area contributed by atoms with E-state index in [9.17, 15) is 0 Å². The van der Waals surface area contributed by atoms with Crippen molar-refractivity contribution in [1.29, 1.82) is 5.26 Å². The Balaban J connectivity index is 1.38. The number of likely N-dealkylation sites (tertiary alicyclic amines) is 1. The van der Waals surface area contributed by atoms with E-state index < -0.39 is 0 Å². The van der Waals surface area contributed by atoms with Crippen LogP contribution in [0, 0.1) is 11.3 Å². The standard InChI is InChI=1S/C18H22N4O/c19-11-16-9-13-10-18(20-12-17(13)23-16)21-14-3-5-15(6-4-14)22-7-1-2-8-22/h9-10,12,14-15H,1-8H2,(H,20,21). The highest BCUT2D eigenvalue weighted by molar-refractivity contribution is 5.80. The van der Waals surface area contributed by atoms with E-state index in [4.69, 9.17) is 9.68 Å². The number of anilines is 1. The van der Waals surface area contributed by atoms with E-state index in [-0.39, 0.29) is 0 Å². The Morgan fingerprint density at radius 3 is 2.70 bits per heavy atom. The maximum atomic E-state index is 8.90. The normalized spacial score (nSPS) is 25.5. The molecule has 2 aromatic heterocycles. The third-order valence-electron chi connectivity index (χ3n) is 5.22. The van der Waals surface area contributed by atoms with Crippen LogP contribution in [0.4, 0.5) is 5.82 Å². The van der Waals surface area contributed by atoms with Gasteiger partial charge in [0.25, 0.3) is 0 Å². The van der Waals surface area contributed by atoms with Crippen LogP contribution in [-0.4, -0.2) is 35.1 Å². The molecule has 4 rings (SSSR count). The van der Waals surface area contributed by atoms with Crippen molar-refractivity contribution in [2.45, 2.75) is 50.6 Å². The van der Waals surface area contributed by atoms with Gasteiger partial charge in [0.1, 0.15) is 11.9 Å². The molecule has 5 nitrogen and oxygen atoms in total. The van der Waals surface area contributed by atoms with Crippen molar-refractivity contribution in [1.82, 2.24) is 9.88 Å². The van der Waals surface area contributed by atoms with Gasteiger partial charge in [-0.05, 0) is 57.7 Å². The zero-order chi connectivity index (χ0) is 15.6. The molecule has 0 unspecified atom stereocenters. The van der Waals surface area contributed by atoms with Gasteiger partial charge in [-0.15, -0.1) is 0 Å². The summed E-state index contributed by atoms with van der Waals surface area (Å²) in [7, 11) is 0. The largest absolute Gasteiger partial charge is 0.444 e. The number of furan rings is 1. The van der Waals surface area contributed by atoms with E-state index in [0.717, 1.165) is 17.2 Å². The lowest BCUT2D eigenvalue weighted by Crippen LogP contribution is -2.38. The zero-order valence-electron chi connectivity index (χ0n) is 13.3. The number of hydrogen-bond acceptors (Lipinski definition) is 5. The summed E-state index contributed by atoms with van der Waals surface area (Å²) in [6.07, 6.45) is 9.42. The highest BCUT2D eigenvalue weighted by Gasteiger charge is 2.27. The van der Waals surface area contributed by atoms with Crippen LogP contribution in [0.3, 0.4) is 0 Å². The predicted molar refractivity (Wildman–Crippen MR) is 89.2 cm³/mol. The first-order chi connectivity index (χ1) is 11.3. The molecule has 0 aromatic carbocycles. The molecule has 2 fully saturated rings. The van der Waals surface area contributed by atoms with Crippen LogP contribution in [0.15, 0.2) is 22.7 Å². The van der Waals surface area contributed by atoms with Gasteiger partial charge in [0.15, 0.2) is 5.58 Å². The van der Waals surface area contributed by atoms with Crippen LogP contribution >= 0.6 is 0 Å². The summed E-state index contributed by atoms with van der Waals surface area (Å²) in [6.45, 7) is 2.59. The van der Waals surface area contributed by atoms with Gasteiger partial charge < -0.3 is 14.6 Å². The van der Waals surface area contributed by atoms with Gasteiger partial charge in [-0.2, -0.15) is 5.26 Å². The Labute approximate surface area is 136 Å². The second-order valence-corrected chi connectivity index (χ2v) is 6.72. The minimum absolute atomic E-state index is 0.338. The van der Waals surface area contributed by atoms with Gasteiger partial charge in [-0.1, -0.05) is 0 Å². The minimum Gasteiger partial charge on any atom is -0.444 e. The van der Waals surface area contributed by atoms with E-state index in [1.54, 1.807) is 12.3 Å². The lowest BCUT2D eigenvalue weighted by Gasteiger charge is -2.34. The fourth-order valence-electron chi connectivity index (χ4n) is 3.98. The lowest BCUT2D eigenvalue weighted by molar-refractivity contribution is 0.186. The molecule has 1 aliphatic heterocycles. The summed E-state index contributed by atoms with van der Waals surface area (Å²) in [5.41, 5.74) is 0.671. The van der Waals surface area contributed by atoms with Gasteiger partial charge in [-0.25, -0.2) is 4.98 Å². The molecule has 120 valence electrons. The quantitative estimate of drug-likeness (QED) is 0.939. The molecule has 0 bridgehead atoms. The molecule has 2 aromatic rings. The summed E-state index contributed by atoms with van der Waals surface area (Å²) >= 11 is 0. The number of aromatic nitrogens is 1. The van der Waals surface area contributed by atoms with Crippen LogP contribution in [0.25, 0.3) is 11.0 Å². The van der Waals surface area contributed by atoms with Gasteiger partial charge in [0, 0.05) is 23.5 Å². The number of rotatable bonds is 3. The Hall–Kier alpha value is -2.06. The van der Waals surface area contributed by atoms with E-state index >= 15 is 0 Å². The minimum atomic E-state index is 0.338. The van der Waals surface area contributed by atoms with Crippen LogP contribution in [0.1, 0.15) is 44.3 Å². The Morgan fingerprint density at radius 2 is 1.96 bits per heavy atom. The van der Waals surface area contributed by atoms with E-state index in [0.29, 0.717) is 17.4 Å². The van der Waals surface area contributed by atoms with Gasteiger partial charge >= 0.3 is 0 Å². The summed E-state index contributed by atoms with van der Waals surface area (Å²) in [6, 6.07) is 7.07. The average molecular weight is 310 g/mol. The predicted octanol–water partition coefficient (Wildman–Crippen LogP) is 3.52. The Kier molecular flexibility index (Phi) is 3.92. The number of pyridine rings is 1. The molecule has 5 heteroatoms. The second-order valence-electron chi connectivity index (χ2n) is 6.72. The van der Waals surface area contributed by atoms with Crippen molar-refractivity contribution in [2.24, 2.45) is 0 Å². The summed E-state index contributed by atoms with van der Waals surface area (Å²) in [5.74, 6) is 1.22. The lowest BCUT2D eigenvalue weighted by atomic mass is 9.90. The second kappa shape index (κ2) is 6.21. The first kappa shape index (κ1) is 14.5. The molecule has 1 aliphatic carbocycles. The number of nitrogens with one attached hydrogen (secondary N) is 1. The van der Waals surface area contributed by atoms with Crippen LogP contribution < -0.4 is 5.32 Å². The molecule has 1 saturated carbocycles. The maximum Gasteiger partial charge on any atom is 0.204 e. The highest BCUT2D eigenvalue weighted by atomic mass is 16.3. The summed E-state index contributed by atoms with van der Waals surface area (Å²) < 4.78 is 5.38. The molecular formula is C18H22N4O. The van der Waals surface area contributed by atoms with Crippen LogP contribution in [0.2, 0.25) is 0 Å². The van der Waals surface area contributed by atoms with Crippen molar-refractivity contribution >= 4 is 16.8 Å². The molecule has 1 N–H and O–H groups in total. The average Bonchev–Trinajstić information content (AvgIpc) is 3.24. The number of fused-ring (bicyclic) bond motifs is 1. The van der Waals surface area contributed by atoms with Gasteiger partial charge in [-0.3, -0.25) is 0 Å². The topological polar surface area (TPSA) is 65.1 Å². The smallest absolute Gasteiger partial charge is 0.204 e. The Morgan fingerprint density at radius 1 is 1.17 bits per heavy atom. The van der Waals surface area contributed by atoms with Crippen molar-refractivity contribution in [3.8, 4) is 6.07 Å². The maximum absolute atomic E-state index is 8.90. The van der Waals surface area contributed by atoms with Crippen LogP contribution in [-0.2, 0) is 0 Å². The molecule has 23 heavy (non-hydrogen) atoms. The highest BCUT2D eigenvalue weighted by Crippen LogP contribution is 2.28. The molecule has 2 aliphatic rings. The van der Waals surface area contributed by atoms with E-state index in [1.165, 1.54) is 51.6 Å². The molecule has 0 amide bonds. The number of nitriles is 1.